The molecule has 6 nitrogen and oxygen atoms in total. The average Bonchev–Trinajstić information content (AvgIpc) is 3.34. The van der Waals surface area contributed by atoms with E-state index in [2.05, 4.69) is 5.32 Å². The number of aromatic nitrogens is 2. The molecule has 0 saturated heterocycles. The van der Waals surface area contributed by atoms with Crippen LogP contribution in [0.4, 0.5) is 9.18 Å². The van der Waals surface area contributed by atoms with Crippen LogP contribution in [0.5, 0.6) is 5.88 Å². The van der Waals surface area contributed by atoms with Gasteiger partial charge in [0.15, 0.2) is 0 Å². The number of benzene rings is 3. The summed E-state index contributed by atoms with van der Waals surface area (Å²) in [7, 11) is 0. The van der Waals surface area contributed by atoms with Crippen LogP contribution >= 0.6 is 23.2 Å². The molecule has 1 aromatic heterocycles. The number of fused-ring (bicyclic) bond motifs is 2. The number of nitrogens with one attached hydrogen (secondary N) is 1. The van der Waals surface area contributed by atoms with Crippen LogP contribution in [0.25, 0.3) is 17.3 Å². The largest absolute Gasteiger partial charge is 0.414 e. The molecular formula is C31H26Cl2FN3O3. The molecule has 40 heavy (non-hydrogen) atoms. The van der Waals surface area contributed by atoms with E-state index in [-0.39, 0.29) is 11.7 Å². The van der Waals surface area contributed by atoms with Gasteiger partial charge in [-0.2, -0.15) is 0 Å². The Morgan fingerprint density at radius 1 is 1.07 bits per heavy atom. The summed E-state index contributed by atoms with van der Waals surface area (Å²) in [5.74, 6) is -0.135. The predicted octanol–water partition coefficient (Wildman–Crippen LogP) is 7.33. The first kappa shape index (κ1) is 26.6. The Bertz CT molecular complexity index is 1620. The normalized spacial score (nSPS) is 19.1. The van der Waals surface area contributed by atoms with E-state index in [4.69, 9.17) is 33.0 Å². The number of hydrogen-bond acceptors (Lipinski definition) is 4. The number of allylic oxidation sites excluding steroid dienone is 1. The molecule has 0 bridgehead atoms. The van der Waals surface area contributed by atoms with Crippen molar-refractivity contribution < 1.29 is 19.0 Å². The minimum atomic E-state index is -0.752. The van der Waals surface area contributed by atoms with Gasteiger partial charge in [0, 0.05) is 17.0 Å². The Labute approximate surface area is 241 Å². The third kappa shape index (κ3) is 5.24. The third-order valence-corrected chi connectivity index (χ3v) is 7.93. The molecule has 0 fully saturated rings. The number of carbonyl (C=O) groups excluding carboxylic acids is 1. The summed E-state index contributed by atoms with van der Waals surface area (Å²) in [6, 6.07) is 18.5. The summed E-state index contributed by atoms with van der Waals surface area (Å²) < 4.78 is 21.1. The lowest BCUT2D eigenvalue weighted by Gasteiger charge is -2.17. The van der Waals surface area contributed by atoms with E-state index >= 15 is 0 Å². The lowest BCUT2D eigenvalue weighted by atomic mass is 10.0. The van der Waals surface area contributed by atoms with Gasteiger partial charge in [0.2, 0.25) is 5.88 Å². The number of aliphatic hydroxyl groups excluding tert-OH is 1. The van der Waals surface area contributed by atoms with Crippen molar-refractivity contribution in [3.63, 3.8) is 0 Å². The summed E-state index contributed by atoms with van der Waals surface area (Å²) >= 11 is 12.8. The first-order valence-corrected chi connectivity index (χ1v) is 13.9. The molecule has 204 valence electrons. The Morgan fingerprint density at radius 2 is 1.85 bits per heavy atom. The number of aliphatic hydroxyl groups is 1. The van der Waals surface area contributed by atoms with Crippen molar-refractivity contribution in [1.29, 1.82) is 0 Å². The van der Waals surface area contributed by atoms with Gasteiger partial charge >= 0.3 is 6.09 Å². The van der Waals surface area contributed by atoms with Crippen LogP contribution in [-0.2, 0) is 12.8 Å². The summed E-state index contributed by atoms with van der Waals surface area (Å²) in [5.41, 5.74) is 5.81. The van der Waals surface area contributed by atoms with Crippen LogP contribution in [0.1, 0.15) is 53.3 Å². The highest BCUT2D eigenvalue weighted by Crippen LogP contribution is 2.39. The zero-order chi connectivity index (χ0) is 27.8. The van der Waals surface area contributed by atoms with Crippen molar-refractivity contribution in [2.24, 2.45) is 0 Å². The highest BCUT2D eigenvalue weighted by Gasteiger charge is 2.33. The molecule has 2 atom stereocenters. The van der Waals surface area contributed by atoms with E-state index in [1.165, 1.54) is 12.1 Å². The minimum Gasteiger partial charge on any atom is -0.390 e. The molecule has 2 aliphatic rings. The highest BCUT2D eigenvalue weighted by molar-refractivity contribution is 6.35. The van der Waals surface area contributed by atoms with Crippen molar-refractivity contribution in [3.8, 4) is 11.6 Å². The number of nitrogens with zero attached hydrogens (tertiary/aromatic N) is 2. The van der Waals surface area contributed by atoms with Gasteiger partial charge < -0.3 is 15.2 Å². The van der Waals surface area contributed by atoms with E-state index < -0.39 is 18.2 Å². The minimum absolute atomic E-state index is 0.172. The number of halogens is 3. The molecule has 9 heteroatoms. The summed E-state index contributed by atoms with van der Waals surface area (Å²) in [4.78, 5) is 13.2. The van der Waals surface area contributed by atoms with E-state index in [0.717, 1.165) is 52.8 Å². The Morgan fingerprint density at radius 3 is 2.65 bits per heavy atom. The number of ether oxygens (including phenoxy) is 1. The van der Waals surface area contributed by atoms with Gasteiger partial charge in [0.25, 0.3) is 0 Å². The van der Waals surface area contributed by atoms with Crippen molar-refractivity contribution >= 4 is 40.9 Å². The van der Waals surface area contributed by atoms with Gasteiger partial charge in [-0.15, -0.1) is 5.10 Å². The van der Waals surface area contributed by atoms with E-state index in [1.807, 2.05) is 30.3 Å². The highest BCUT2D eigenvalue weighted by atomic mass is 35.5. The van der Waals surface area contributed by atoms with Gasteiger partial charge in [-0.3, -0.25) is 0 Å². The smallest absolute Gasteiger partial charge is 0.390 e. The number of rotatable bonds is 4. The van der Waals surface area contributed by atoms with Gasteiger partial charge in [-0.05, 0) is 84.4 Å². The Hall–Kier alpha value is -3.65. The predicted molar refractivity (Wildman–Crippen MR) is 153 cm³/mol. The molecule has 1 amide bonds. The number of hydrogen-bond donors (Lipinski definition) is 2. The Kier molecular flexibility index (Phi) is 7.36. The Balaban J connectivity index is 1.40. The fourth-order valence-corrected chi connectivity index (χ4v) is 6.01. The summed E-state index contributed by atoms with van der Waals surface area (Å²) in [5, 5.41) is 19.0. The first-order chi connectivity index (χ1) is 19.4. The molecule has 2 aliphatic carbocycles. The van der Waals surface area contributed by atoms with Crippen LogP contribution in [-0.4, -0.2) is 27.1 Å². The van der Waals surface area contributed by atoms with Crippen LogP contribution < -0.4 is 10.1 Å². The van der Waals surface area contributed by atoms with Crippen LogP contribution in [0.2, 0.25) is 10.0 Å². The molecular weight excluding hydrogens is 552 g/mol. The second-order valence-corrected chi connectivity index (χ2v) is 10.9. The van der Waals surface area contributed by atoms with Gasteiger partial charge in [0.1, 0.15) is 5.82 Å². The zero-order valence-electron chi connectivity index (χ0n) is 21.4. The molecule has 4 aromatic rings. The number of carbonyl (C=O) groups is 1. The molecule has 0 saturated carbocycles. The SMILES string of the molecule is O=C(N[C@H]1c2ccccc2C[C@H]1O)Oc1nn(-c2ccc(Cl)cc2Cl)c2c1CCCC/C2=C\c1ccc(F)cc1. The van der Waals surface area contributed by atoms with Gasteiger partial charge in [-0.25, -0.2) is 13.9 Å². The van der Waals surface area contributed by atoms with Crippen molar-refractivity contribution in [2.75, 3.05) is 0 Å². The van der Waals surface area contributed by atoms with E-state index in [0.29, 0.717) is 28.6 Å². The average molecular weight is 578 g/mol. The van der Waals surface area contributed by atoms with Crippen LogP contribution in [0.3, 0.4) is 0 Å². The first-order valence-electron chi connectivity index (χ1n) is 13.2. The fourth-order valence-electron chi connectivity index (χ4n) is 5.52. The van der Waals surface area contributed by atoms with E-state index in [9.17, 15) is 14.3 Å². The maximum Gasteiger partial charge on any atom is 0.414 e. The number of amides is 1. The van der Waals surface area contributed by atoms with Crippen LogP contribution in [0, 0.1) is 5.82 Å². The second-order valence-electron chi connectivity index (χ2n) is 10.0. The van der Waals surface area contributed by atoms with Crippen molar-refractivity contribution in [1.82, 2.24) is 15.1 Å². The maximum absolute atomic E-state index is 13.6. The summed E-state index contributed by atoms with van der Waals surface area (Å²) in [6.45, 7) is 0. The van der Waals surface area contributed by atoms with Crippen LogP contribution in [0.15, 0.2) is 66.7 Å². The standard InChI is InChI=1S/C31H26Cl2FN3O3/c32-21-11-14-26(25(33)17-21)37-29-20(15-18-9-12-22(34)13-10-18)6-2-4-8-24(29)30(36-37)40-31(39)35-28-23-7-3-1-5-19(23)16-27(28)38/h1,3,5,7,9-15,17,27-28,38H,2,4,6,8,16H2,(H,35,39)/b20-15+/t27-,28+/m1/s1. The lowest BCUT2D eigenvalue weighted by Crippen LogP contribution is -2.36. The maximum atomic E-state index is 13.6. The lowest BCUT2D eigenvalue weighted by molar-refractivity contribution is 0.132. The van der Waals surface area contributed by atoms with Crippen molar-refractivity contribution in [2.45, 2.75) is 44.2 Å². The fraction of sp³-hybridized carbons (Fsp3) is 0.226. The zero-order valence-corrected chi connectivity index (χ0v) is 22.9. The van der Waals surface area contributed by atoms with Crippen molar-refractivity contribution in [3.05, 3.63) is 111 Å². The van der Waals surface area contributed by atoms with Gasteiger partial charge in [-0.1, -0.05) is 59.6 Å². The second kappa shape index (κ2) is 11.1. The molecule has 0 spiro atoms. The quantitative estimate of drug-likeness (QED) is 0.249. The van der Waals surface area contributed by atoms with E-state index in [1.54, 1.807) is 35.0 Å². The third-order valence-electron chi connectivity index (χ3n) is 7.39. The molecule has 6 rings (SSSR count). The molecule has 3 aromatic carbocycles. The summed E-state index contributed by atoms with van der Waals surface area (Å²) in [6.07, 6.45) is 4.16. The molecule has 1 heterocycles. The molecule has 0 radical (unpaired) electrons. The topological polar surface area (TPSA) is 76.4 Å². The van der Waals surface area contributed by atoms with Gasteiger partial charge in [0.05, 0.1) is 28.5 Å². The molecule has 2 N–H and O–H groups in total. The monoisotopic (exact) mass is 577 g/mol. The molecule has 0 unspecified atom stereocenters. The molecule has 0 aliphatic heterocycles.